The first-order valence-corrected chi connectivity index (χ1v) is 14.3. The Balaban J connectivity index is 1.78. The van der Waals surface area contributed by atoms with Crippen LogP contribution in [0, 0.1) is 18.8 Å². The molecular formula is C28H40N2O6S. The van der Waals surface area contributed by atoms with Gasteiger partial charge in [0.05, 0.1) is 29.8 Å². The van der Waals surface area contributed by atoms with Crippen molar-refractivity contribution < 1.29 is 28.2 Å². The Morgan fingerprint density at radius 2 is 1.76 bits per heavy atom. The average molecular weight is 533 g/mol. The molecule has 4 atom stereocenters. The molecule has 8 nitrogen and oxygen atoms in total. The summed E-state index contributed by atoms with van der Waals surface area (Å²) in [6.07, 6.45) is -1.59. The zero-order valence-corrected chi connectivity index (χ0v) is 22.7. The van der Waals surface area contributed by atoms with Gasteiger partial charge in [0.15, 0.2) is 0 Å². The number of amides is 1. The molecular weight excluding hydrogens is 492 g/mol. The number of nitrogens with one attached hydrogen (secondary N) is 1. The van der Waals surface area contributed by atoms with Crippen LogP contribution in [0.4, 0.5) is 0 Å². The molecule has 204 valence electrons. The molecule has 0 bridgehead atoms. The number of sulfonamides is 1. The lowest BCUT2D eigenvalue weighted by Crippen LogP contribution is -2.47. The standard InChI is InChI=1S/C28H40N2O6S/c1-20(2)17-30(37(34,35)25-11-9-21(3)10-12-25)18-26(31)28(33)23(15-22-7-5-4-6-8-22)16-27(32)29-24-13-14-36-19-24/h4-12,20,23-24,26,28,31,33H,13-19H2,1-3H3,(H,29,32)/t23-,24-,26+,28-/m0/s1. The van der Waals surface area contributed by atoms with Gasteiger partial charge in [-0.2, -0.15) is 4.31 Å². The van der Waals surface area contributed by atoms with Crippen molar-refractivity contribution >= 4 is 15.9 Å². The van der Waals surface area contributed by atoms with Crippen molar-refractivity contribution in [2.45, 2.75) is 63.2 Å². The molecule has 0 radical (unpaired) electrons. The summed E-state index contributed by atoms with van der Waals surface area (Å²) < 4.78 is 33.4. The van der Waals surface area contributed by atoms with Gasteiger partial charge in [0.1, 0.15) is 0 Å². The summed E-state index contributed by atoms with van der Waals surface area (Å²) in [6, 6.07) is 16.0. The second-order valence-corrected chi connectivity index (χ2v) is 12.3. The first kappa shape index (κ1) is 29.3. The van der Waals surface area contributed by atoms with Crippen LogP contribution in [-0.4, -0.2) is 73.4 Å². The summed E-state index contributed by atoms with van der Waals surface area (Å²) in [5.74, 6) is -0.833. The maximum atomic E-state index is 13.4. The van der Waals surface area contributed by atoms with Crippen molar-refractivity contribution in [3.05, 3.63) is 65.7 Å². The second-order valence-electron chi connectivity index (χ2n) is 10.4. The number of carbonyl (C=O) groups is 1. The van der Waals surface area contributed by atoms with E-state index in [1.54, 1.807) is 24.3 Å². The number of hydrogen-bond acceptors (Lipinski definition) is 6. The zero-order chi connectivity index (χ0) is 27.0. The Morgan fingerprint density at radius 3 is 2.35 bits per heavy atom. The van der Waals surface area contributed by atoms with Crippen LogP contribution in [0.2, 0.25) is 0 Å². The molecule has 3 rings (SSSR count). The molecule has 0 saturated carbocycles. The van der Waals surface area contributed by atoms with Crippen molar-refractivity contribution in [1.29, 1.82) is 0 Å². The van der Waals surface area contributed by atoms with Gasteiger partial charge in [-0.1, -0.05) is 61.9 Å². The molecule has 37 heavy (non-hydrogen) atoms. The molecule has 1 heterocycles. The van der Waals surface area contributed by atoms with E-state index in [2.05, 4.69) is 5.32 Å². The van der Waals surface area contributed by atoms with E-state index < -0.39 is 28.1 Å². The smallest absolute Gasteiger partial charge is 0.243 e. The monoisotopic (exact) mass is 532 g/mol. The van der Waals surface area contributed by atoms with Gasteiger partial charge >= 0.3 is 0 Å². The Kier molecular flexibility index (Phi) is 10.7. The lowest BCUT2D eigenvalue weighted by molar-refractivity contribution is -0.124. The minimum Gasteiger partial charge on any atom is -0.390 e. The van der Waals surface area contributed by atoms with Gasteiger partial charge in [-0.3, -0.25) is 4.79 Å². The third-order valence-electron chi connectivity index (χ3n) is 6.58. The van der Waals surface area contributed by atoms with Crippen LogP contribution in [-0.2, 0) is 26.0 Å². The Bertz CT molecular complexity index is 1090. The first-order valence-electron chi connectivity index (χ1n) is 12.9. The van der Waals surface area contributed by atoms with E-state index in [9.17, 15) is 23.4 Å². The highest BCUT2D eigenvalue weighted by Gasteiger charge is 2.34. The summed E-state index contributed by atoms with van der Waals surface area (Å²) in [5, 5.41) is 25.3. The molecule has 1 aliphatic rings. The molecule has 1 fully saturated rings. The Hall–Kier alpha value is -2.30. The first-order chi connectivity index (χ1) is 17.6. The normalized spacial score (nSPS) is 18.6. The topological polar surface area (TPSA) is 116 Å². The summed E-state index contributed by atoms with van der Waals surface area (Å²) in [4.78, 5) is 12.9. The van der Waals surface area contributed by atoms with Crippen molar-refractivity contribution in [3.63, 3.8) is 0 Å². The van der Waals surface area contributed by atoms with E-state index in [0.29, 0.717) is 19.6 Å². The number of aryl methyl sites for hydroxylation is 1. The van der Waals surface area contributed by atoms with Gasteiger partial charge in [0, 0.05) is 32.0 Å². The molecule has 0 spiro atoms. The highest BCUT2D eigenvalue weighted by Crippen LogP contribution is 2.23. The van der Waals surface area contributed by atoms with E-state index >= 15 is 0 Å². The fraction of sp³-hybridized carbons (Fsp3) is 0.536. The minimum absolute atomic E-state index is 0.00147. The van der Waals surface area contributed by atoms with Crippen LogP contribution in [0.3, 0.4) is 0 Å². The average Bonchev–Trinajstić information content (AvgIpc) is 3.36. The Morgan fingerprint density at radius 1 is 1.08 bits per heavy atom. The predicted octanol–water partition coefficient (Wildman–Crippen LogP) is 2.52. The maximum Gasteiger partial charge on any atom is 0.243 e. The zero-order valence-electron chi connectivity index (χ0n) is 21.9. The minimum atomic E-state index is -3.90. The van der Waals surface area contributed by atoms with Crippen LogP contribution in [0.1, 0.15) is 37.8 Å². The summed E-state index contributed by atoms with van der Waals surface area (Å²) in [5.41, 5.74) is 1.86. The van der Waals surface area contributed by atoms with Crippen molar-refractivity contribution in [2.24, 2.45) is 11.8 Å². The number of benzene rings is 2. The van der Waals surface area contributed by atoms with Gasteiger partial charge in [-0.25, -0.2) is 8.42 Å². The summed E-state index contributed by atoms with van der Waals surface area (Å²) >= 11 is 0. The third-order valence-corrected chi connectivity index (χ3v) is 8.42. The van der Waals surface area contributed by atoms with Crippen LogP contribution >= 0.6 is 0 Å². The highest BCUT2D eigenvalue weighted by atomic mass is 32.2. The van der Waals surface area contributed by atoms with Crippen LogP contribution < -0.4 is 5.32 Å². The lowest BCUT2D eigenvalue weighted by atomic mass is 9.87. The molecule has 0 aliphatic carbocycles. The van der Waals surface area contributed by atoms with Gasteiger partial charge in [0.25, 0.3) is 0 Å². The van der Waals surface area contributed by atoms with Gasteiger partial charge in [-0.15, -0.1) is 0 Å². The largest absolute Gasteiger partial charge is 0.390 e. The highest BCUT2D eigenvalue weighted by molar-refractivity contribution is 7.89. The molecule has 0 aromatic heterocycles. The fourth-order valence-corrected chi connectivity index (χ4v) is 6.19. The quantitative estimate of drug-likeness (QED) is 0.365. The predicted molar refractivity (Wildman–Crippen MR) is 142 cm³/mol. The molecule has 0 unspecified atom stereocenters. The number of rotatable bonds is 13. The lowest BCUT2D eigenvalue weighted by Gasteiger charge is -2.31. The van der Waals surface area contributed by atoms with E-state index in [0.717, 1.165) is 17.5 Å². The number of nitrogens with zero attached hydrogens (tertiary/aromatic N) is 1. The van der Waals surface area contributed by atoms with Crippen molar-refractivity contribution in [3.8, 4) is 0 Å². The van der Waals surface area contributed by atoms with E-state index in [1.165, 1.54) is 4.31 Å². The van der Waals surface area contributed by atoms with Crippen LogP contribution in [0.15, 0.2) is 59.5 Å². The van der Waals surface area contributed by atoms with E-state index in [4.69, 9.17) is 4.74 Å². The molecule has 2 aromatic rings. The third kappa shape index (κ3) is 8.61. The maximum absolute atomic E-state index is 13.4. The van der Waals surface area contributed by atoms with Gasteiger partial charge in [0.2, 0.25) is 15.9 Å². The molecule has 1 amide bonds. The fourth-order valence-electron chi connectivity index (χ4n) is 4.57. The number of ether oxygens (including phenoxy) is 1. The molecule has 3 N–H and O–H groups in total. The number of hydrogen-bond donors (Lipinski definition) is 3. The SMILES string of the molecule is Cc1ccc(S(=O)(=O)N(CC(C)C)C[C@@H](O)[C@@H](O)[C@H](CC(=O)N[C@H]2CCOC2)Cc2ccccc2)cc1. The number of carbonyl (C=O) groups excluding carboxylic acids is 1. The van der Waals surface area contributed by atoms with Gasteiger partial charge < -0.3 is 20.3 Å². The second kappa shape index (κ2) is 13.5. The van der Waals surface area contributed by atoms with Crippen molar-refractivity contribution in [1.82, 2.24) is 9.62 Å². The van der Waals surface area contributed by atoms with Crippen molar-refractivity contribution in [2.75, 3.05) is 26.3 Å². The van der Waals surface area contributed by atoms with E-state index in [1.807, 2.05) is 51.1 Å². The molecule has 1 aliphatic heterocycles. The van der Waals surface area contributed by atoms with Crippen LogP contribution in [0.5, 0.6) is 0 Å². The molecule has 2 aromatic carbocycles. The molecule has 9 heteroatoms. The van der Waals surface area contributed by atoms with E-state index in [-0.39, 0.29) is 42.3 Å². The number of aliphatic hydroxyl groups excluding tert-OH is 2. The summed E-state index contributed by atoms with van der Waals surface area (Å²) in [6.45, 7) is 6.64. The van der Waals surface area contributed by atoms with Gasteiger partial charge in [-0.05, 0) is 43.4 Å². The summed E-state index contributed by atoms with van der Waals surface area (Å²) in [7, 11) is -3.90. The Labute approximate surface area is 220 Å². The molecule has 1 saturated heterocycles. The van der Waals surface area contributed by atoms with Crippen LogP contribution in [0.25, 0.3) is 0 Å². The number of aliphatic hydroxyl groups is 2.